The summed E-state index contributed by atoms with van der Waals surface area (Å²) in [4.78, 5) is 40.5. The summed E-state index contributed by atoms with van der Waals surface area (Å²) in [5, 5.41) is 5.74. The van der Waals surface area contributed by atoms with E-state index in [4.69, 9.17) is 9.15 Å². The number of benzene rings is 1. The van der Waals surface area contributed by atoms with Crippen molar-refractivity contribution in [2.75, 3.05) is 26.8 Å². The van der Waals surface area contributed by atoms with Crippen LogP contribution in [0.2, 0.25) is 0 Å². The summed E-state index contributed by atoms with van der Waals surface area (Å²) in [6.45, 7) is 2.18. The summed E-state index contributed by atoms with van der Waals surface area (Å²) in [6.07, 6.45) is 6.64. The predicted octanol–water partition coefficient (Wildman–Crippen LogP) is 2.98. The van der Waals surface area contributed by atoms with Crippen LogP contribution >= 0.6 is 0 Å². The Morgan fingerprint density at radius 2 is 1.85 bits per heavy atom. The number of ether oxygens (including phenoxy) is 1. The molecule has 8 heteroatoms. The lowest BCUT2D eigenvalue weighted by molar-refractivity contribution is -0.141. The maximum Gasteiger partial charge on any atom is 0.287 e. The molecule has 1 aromatic heterocycles. The number of carbonyl (C=O) groups is 3. The Hall–Kier alpha value is -3.13. The first kappa shape index (κ1) is 24.5. The van der Waals surface area contributed by atoms with Crippen LogP contribution in [0.15, 0.2) is 47.1 Å². The number of hydrogen-bond acceptors (Lipinski definition) is 5. The lowest BCUT2D eigenvalue weighted by Gasteiger charge is -2.33. The monoisotopic (exact) mass is 455 g/mol. The fourth-order valence-corrected chi connectivity index (χ4v) is 4.09. The highest BCUT2D eigenvalue weighted by molar-refractivity contribution is 5.95. The van der Waals surface area contributed by atoms with Crippen molar-refractivity contribution in [3.63, 3.8) is 0 Å². The van der Waals surface area contributed by atoms with Crippen molar-refractivity contribution >= 4 is 17.7 Å². The van der Waals surface area contributed by atoms with Crippen molar-refractivity contribution in [3.8, 4) is 0 Å². The van der Waals surface area contributed by atoms with Crippen LogP contribution in [0, 0.1) is 6.92 Å². The summed E-state index contributed by atoms with van der Waals surface area (Å²) in [6, 6.07) is 10.00. The number of furan rings is 1. The van der Waals surface area contributed by atoms with Crippen LogP contribution in [-0.2, 0) is 14.3 Å². The second-order valence-corrected chi connectivity index (χ2v) is 8.40. The molecule has 2 aromatic rings. The Morgan fingerprint density at radius 1 is 1.12 bits per heavy atom. The molecule has 0 saturated heterocycles. The van der Waals surface area contributed by atoms with E-state index in [0.717, 1.165) is 36.8 Å². The van der Waals surface area contributed by atoms with Gasteiger partial charge in [-0.05, 0) is 37.5 Å². The Balaban J connectivity index is 1.81. The lowest BCUT2D eigenvalue weighted by atomic mass is 9.94. The Morgan fingerprint density at radius 3 is 2.48 bits per heavy atom. The molecular weight excluding hydrogens is 422 g/mol. The molecule has 3 rings (SSSR count). The first-order valence-corrected chi connectivity index (χ1v) is 11.5. The molecule has 1 fully saturated rings. The molecule has 8 nitrogen and oxygen atoms in total. The third kappa shape index (κ3) is 6.92. The number of rotatable bonds is 10. The van der Waals surface area contributed by atoms with Gasteiger partial charge in [-0.3, -0.25) is 14.4 Å². The summed E-state index contributed by atoms with van der Waals surface area (Å²) >= 11 is 0. The maximum atomic E-state index is 13.5. The maximum absolute atomic E-state index is 13.5. The van der Waals surface area contributed by atoms with E-state index in [-0.39, 0.29) is 43.3 Å². The summed E-state index contributed by atoms with van der Waals surface area (Å²) in [7, 11) is 1.55. The van der Waals surface area contributed by atoms with Crippen molar-refractivity contribution in [2.45, 2.75) is 51.1 Å². The zero-order chi connectivity index (χ0) is 23.6. The molecule has 1 aliphatic carbocycles. The smallest absolute Gasteiger partial charge is 0.287 e. The van der Waals surface area contributed by atoms with Crippen molar-refractivity contribution in [1.82, 2.24) is 15.5 Å². The third-order valence-corrected chi connectivity index (χ3v) is 5.91. The number of amides is 3. The van der Waals surface area contributed by atoms with Gasteiger partial charge in [-0.1, -0.05) is 49.1 Å². The first-order chi connectivity index (χ1) is 16.0. The molecule has 0 spiro atoms. The molecule has 1 heterocycles. The van der Waals surface area contributed by atoms with Crippen molar-refractivity contribution in [1.29, 1.82) is 0 Å². The predicted molar refractivity (Wildman–Crippen MR) is 124 cm³/mol. The van der Waals surface area contributed by atoms with E-state index in [1.807, 2.05) is 31.2 Å². The van der Waals surface area contributed by atoms with Crippen molar-refractivity contribution in [3.05, 3.63) is 59.5 Å². The molecule has 33 heavy (non-hydrogen) atoms. The fraction of sp³-hybridized carbons (Fsp3) is 0.480. The normalized spacial score (nSPS) is 15.0. The lowest BCUT2D eigenvalue weighted by Crippen LogP contribution is -2.50. The van der Waals surface area contributed by atoms with Gasteiger partial charge in [0.2, 0.25) is 11.8 Å². The van der Waals surface area contributed by atoms with E-state index in [0.29, 0.717) is 0 Å². The minimum Gasteiger partial charge on any atom is -0.459 e. The molecule has 0 bridgehead atoms. The molecule has 178 valence electrons. The third-order valence-electron chi connectivity index (χ3n) is 5.91. The molecule has 1 unspecified atom stereocenters. The van der Waals surface area contributed by atoms with Gasteiger partial charge < -0.3 is 24.7 Å². The number of carbonyl (C=O) groups excluding carboxylic acids is 3. The second kappa shape index (κ2) is 12.2. The van der Waals surface area contributed by atoms with Gasteiger partial charge in [-0.25, -0.2) is 0 Å². The Kier molecular flexibility index (Phi) is 9.06. The SMILES string of the molecule is COCCN(C(=O)CNC(=O)c1ccco1)C(C(=O)NC1CCCCC1)c1ccc(C)cc1. The molecule has 1 aliphatic rings. The highest BCUT2D eigenvalue weighted by Gasteiger charge is 2.32. The molecule has 2 N–H and O–H groups in total. The van der Waals surface area contributed by atoms with Gasteiger partial charge in [-0.15, -0.1) is 0 Å². The van der Waals surface area contributed by atoms with Gasteiger partial charge in [-0.2, -0.15) is 0 Å². The van der Waals surface area contributed by atoms with Crippen LogP contribution in [0.4, 0.5) is 0 Å². The molecule has 1 saturated carbocycles. The van der Waals surface area contributed by atoms with E-state index in [1.165, 1.54) is 23.7 Å². The Labute approximate surface area is 194 Å². The van der Waals surface area contributed by atoms with E-state index in [9.17, 15) is 14.4 Å². The minimum absolute atomic E-state index is 0.109. The summed E-state index contributed by atoms with van der Waals surface area (Å²) < 4.78 is 10.3. The van der Waals surface area contributed by atoms with Crippen LogP contribution < -0.4 is 10.6 Å². The number of nitrogens with zero attached hydrogens (tertiary/aromatic N) is 1. The molecule has 0 aliphatic heterocycles. The second-order valence-electron chi connectivity index (χ2n) is 8.40. The highest BCUT2D eigenvalue weighted by Crippen LogP contribution is 2.24. The van der Waals surface area contributed by atoms with E-state index >= 15 is 0 Å². The largest absolute Gasteiger partial charge is 0.459 e. The van der Waals surface area contributed by atoms with Crippen molar-refractivity contribution in [2.24, 2.45) is 0 Å². The topological polar surface area (TPSA) is 101 Å². The van der Waals surface area contributed by atoms with Crippen LogP contribution in [-0.4, -0.2) is 55.5 Å². The van der Waals surface area contributed by atoms with E-state index in [2.05, 4.69) is 10.6 Å². The highest BCUT2D eigenvalue weighted by atomic mass is 16.5. The van der Waals surface area contributed by atoms with E-state index < -0.39 is 11.9 Å². The number of aryl methyl sites for hydroxylation is 1. The van der Waals surface area contributed by atoms with Crippen LogP contribution in [0.1, 0.15) is 59.8 Å². The average Bonchev–Trinajstić information content (AvgIpc) is 3.36. The van der Waals surface area contributed by atoms with Gasteiger partial charge >= 0.3 is 0 Å². The fourth-order valence-electron chi connectivity index (χ4n) is 4.09. The minimum atomic E-state index is -0.823. The van der Waals surface area contributed by atoms with Crippen LogP contribution in [0.5, 0.6) is 0 Å². The van der Waals surface area contributed by atoms with Gasteiger partial charge in [0.05, 0.1) is 19.4 Å². The summed E-state index contributed by atoms with van der Waals surface area (Å²) in [5.41, 5.74) is 1.78. The molecule has 0 radical (unpaired) electrons. The standard InChI is InChI=1S/C25H33N3O5/c1-18-10-12-19(13-11-18)23(25(31)27-20-7-4-3-5-8-20)28(14-16-32-2)22(29)17-26-24(30)21-9-6-15-33-21/h6,9-13,15,20,23H,3-5,7-8,14,16-17H2,1-2H3,(H,26,30)(H,27,31). The number of nitrogens with one attached hydrogen (secondary N) is 2. The average molecular weight is 456 g/mol. The Bertz CT molecular complexity index is 905. The van der Waals surface area contributed by atoms with Gasteiger partial charge in [0.1, 0.15) is 6.04 Å². The molecule has 3 amide bonds. The zero-order valence-corrected chi connectivity index (χ0v) is 19.3. The van der Waals surface area contributed by atoms with E-state index in [1.54, 1.807) is 13.2 Å². The van der Waals surface area contributed by atoms with Gasteiger partial charge in [0, 0.05) is 19.7 Å². The van der Waals surface area contributed by atoms with Gasteiger partial charge in [0.15, 0.2) is 5.76 Å². The molecule has 1 atom stereocenters. The van der Waals surface area contributed by atoms with Crippen LogP contribution in [0.25, 0.3) is 0 Å². The quantitative estimate of drug-likeness (QED) is 0.574. The van der Waals surface area contributed by atoms with Crippen molar-refractivity contribution < 1.29 is 23.5 Å². The number of methoxy groups -OCH3 is 1. The summed E-state index contributed by atoms with van der Waals surface area (Å²) in [5.74, 6) is -0.959. The van der Waals surface area contributed by atoms with Crippen LogP contribution in [0.3, 0.4) is 0 Å². The zero-order valence-electron chi connectivity index (χ0n) is 19.3. The number of hydrogen-bond donors (Lipinski definition) is 2. The molecular formula is C25H33N3O5. The molecule has 1 aromatic carbocycles. The first-order valence-electron chi connectivity index (χ1n) is 11.5. The van der Waals surface area contributed by atoms with Gasteiger partial charge in [0.25, 0.3) is 5.91 Å².